The van der Waals surface area contributed by atoms with Gasteiger partial charge < -0.3 is 19.7 Å². The molecule has 1 aromatic heterocycles. The number of amides is 1. The smallest absolute Gasteiger partial charge is 0.279 e. The van der Waals surface area contributed by atoms with Crippen LogP contribution in [0.5, 0.6) is 11.5 Å². The highest BCUT2D eigenvalue weighted by molar-refractivity contribution is 6.43. The van der Waals surface area contributed by atoms with Crippen molar-refractivity contribution in [1.82, 2.24) is 9.88 Å². The Bertz CT molecular complexity index is 792. The quantitative estimate of drug-likeness (QED) is 0.755. The summed E-state index contributed by atoms with van der Waals surface area (Å²) in [6, 6.07) is 0. The number of nitrogens with zero attached hydrogens (tertiary/aromatic N) is 5. The average Bonchev–Trinajstić information content (AvgIpc) is 3.07. The summed E-state index contributed by atoms with van der Waals surface area (Å²) < 4.78 is 5.18. The van der Waals surface area contributed by atoms with Crippen molar-refractivity contribution in [3.63, 3.8) is 0 Å². The largest absolute Gasteiger partial charge is 0.503 e. The third-order valence-corrected chi connectivity index (χ3v) is 3.48. The van der Waals surface area contributed by atoms with E-state index in [2.05, 4.69) is 25.4 Å². The number of carbonyl (C=O) groups is 1. The van der Waals surface area contributed by atoms with Crippen molar-refractivity contribution in [2.24, 2.45) is 20.4 Å². The fraction of sp³-hybridized carbons (Fsp3) is 0.467. The first-order valence-electron chi connectivity index (χ1n) is 7.93. The Labute approximate surface area is 143 Å². The highest BCUT2D eigenvalue weighted by Crippen LogP contribution is 2.32. The van der Waals surface area contributed by atoms with Gasteiger partial charge in [-0.25, -0.2) is 0 Å². The van der Waals surface area contributed by atoms with Crippen molar-refractivity contribution in [3.8, 4) is 11.5 Å². The zero-order chi connectivity index (χ0) is 18.4. The summed E-state index contributed by atoms with van der Waals surface area (Å²) in [5.74, 6) is -0.347. The van der Waals surface area contributed by atoms with Crippen LogP contribution in [0.25, 0.3) is 0 Å². The molecule has 134 valence electrons. The number of rotatable bonds is 6. The van der Waals surface area contributed by atoms with Crippen molar-refractivity contribution in [2.75, 3.05) is 19.7 Å². The predicted molar refractivity (Wildman–Crippen MR) is 91.8 cm³/mol. The first kappa shape index (κ1) is 18.3. The van der Waals surface area contributed by atoms with Gasteiger partial charge >= 0.3 is 0 Å². The third kappa shape index (κ3) is 4.08. The van der Waals surface area contributed by atoms with Crippen LogP contribution >= 0.6 is 0 Å². The summed E-state index contributed by atoms with van der Waals surface area (Å²) >= 11 is 0. The maximum absolute atomic E-state index is 12.2. The van der Waals surface area contributed by atoms with Crippen LogP contribution in [0.4, 0.5) is 5.69 Å². The van der Waals surface area contributed by atoms with E-state index in [1.54, 1.807) is 11.8 Å². The van der Waals surface area contributed by atoms with Gasteiger partial charge in [-0.2, -0.15) is 0 Å². The minimum absolute atomic E-state index is 0.0954. The van der Waals surface area contributed by atoms with Crippen LogP contribution in [-0.4, -0.2) is 52.1 Å². The average molecular weight is 348 g/mol. The molecule has 0 radical (unpaired) electrons. The number of azo groups is 1. The van der Waals surface area contributed by atoms with Crippen LogP contribution < -0.4 is 10.3 Å². The summed E-state index contributed by atoms with van der Waals surface area (Å²) in [7, 11) is 0. The minimum Gasteiger partial charge on any atom is -0.503 e. The molecular formula is C15H20N6O4. The van der Waals surface area contributed by atoms with Crippen molar-refractivity contribution < 1.29 is 14.6 Å². The number of hydrogen-bond acceptors (Lipinski definition) is 8. The number of nitrogens with one attached hydrogen (secondary N) is 1. The molecular weight excluding hydrogens is 328 g/mol. The second-order valence-corrected chi connectivity index (χ2v) is 5.03. The third-order valence-electron chi connectivity index (χ3n) is 3.48. The number of amidine groups is 1. The van der Waals surface area contributed by atoms with Gasteiger partial charge in [-0.05, 0) is 20.8 Å². The summed E-state index contributed by atoms with van der Waals surface area (Å²) in [5.41, 5.74) is -0.653. The normalized spacial score (nSPS) is 13.7. The standard InChI is InChI=1S/C15H20N6O4/c1-4-21(5-2)15(24)9-7-11(18-17-9)19-20-12-13(22)10(25-6-3)8-16-14(12)23/h8H,4-7H2,1-3H3,(H2,16,22,23). The molecule has 2 N–H and O–H groups in total. The van der Waals surface area contributed by atoms with E-state index < -0.39 is 11.3 Å². The molecule has 10 heteroatoms. The van der Waals surface area contributed by atoms with E-state index in [1.165, 1.54) is 6.20 Å². The summed E-state index contributed by atoms with van der Waals surface area (Å²) in [6.45, 7) is 6.94. The molecule has 0 saturated heterocycles. The van der Waals surface area contributed by atoms with Crippen LogP contribution in [0.15, 0.2) is 31.4 Å². The van der Waals surface area contributed by atoms with E-state index in [0.29, 0.717) is 19.7 Å². The monoisotopic (exact) mass is 348 g/mol. The maximum atomic E-state index is 12.2. The Hall–Kier alpha value is -3.04. The van der Waals surface area contributed by atoms with E-state index in [0.717, 1.165) is 0 Å². The Morgan fingerprint density at radius 3 is 2.68 bits per heavy atom. The molecule has 1 aliphatic heterocycles. The van der Waals surface area contributed by atoms with Gasteiger partial charge in [0.15, 0.2) is 23.0 Å². The van der Waals surface area contributed by atoms with Crippen LogP contribution in [0.3, 0.4) is 0 Å². The molecule has 1 aromatic rings. The van der Waals surface area contributed by atoms with Gasteiger partial charge in [-0.15, -0.1) is 20.4 Å². The summed E-state index contributed by atoms with van der Waals surface area (Å²) in [4.78, 5) is 28.0. The van der Waals surface area contributed by atoms with Crippen molar-refractivity contribution in [2.45, 2.75) is 27.2 Å². The second-order valence-electron chi connectivity index (χ2n) is 5.03. The first-order valence-corrected chi connectivity index (χ1v) is 7.93. The molecule has 1 aliphatic rings. The second kappa shape index (κ2) is 8.18. The molecule has 0 aliphatic carbocycles. The highest BCUT2D eigenvalue weighted by atomic mass is 16.5. The molecule has 0 atom stereocenters. The van der Waals surface area contributed by atoms with Gasteiger partial charge in [0.05, 0.1) is 19.2 Å². The van der Waals surface area contributed by atoms with Gasteiger partial charge in [0.25, 0.3) is 11.5 Å². The molecule has 2 rings (SSSR count). The van der Waals surface area contributed by atoms with E-state index >= 15 is 0 Å². The Morgan fingerprint density at radius 1 is 1.32 bits per heavy atom. The summed E-state index contributed by atoms with van der Waals surface area (Å²) in [5, 5.41) is 25.2. The van der Waals surface area contributed by atoms with Crippen molar-refractivity contribution in [3.05, 3.63) is 16.6 Å². The van der Waals surface area contributed by atoms with Crippen LogP contribution in [-0.2, 0) is 4.79 Å². The van der Waals surface area contributed by atoms with E-state index in [-0.39, 0.29) is 35.3 Å². The first-order chi connectivity index (χ1) is 12.0. The fourth-order valence-corrected chi connectivity index (χ4v) is 2.16. The molecule has 10 nitrogen and oxygen atoms in total. The van der Waals surface area contributed by atoms with Crippen molar-refractivity contribution in [1.29, 1.82) is 0 Å². The zero-order valence-corrected chi connectivity index (χ0v) is 14.3. The number of carbonyl (C=O) groups excluding carboxylic acids is 1. The maximum Gasteiger partial charge on any atom is 0.279 e. The van der Waals surface area contributed by atoms with E-state index in [4.69, 9.17) is 4.74 Å². The Balaban J connectivity index is 2.12. The lowest BCUT2D eigenvalue weighted by Gasteiger charge is -2.17. The number of aromatic amines is 1. The number of aromatic hydroxyl groups is 1. The van der Waals surface area contributed by atoms with Crippen LogP contribution in [0.1, 0.15) is 27.2 Å². The fourth-order valence-electron chi connectivity index (χ4n) is 2.16. The van der Waals surface area contributed by atoms with E-state index in [9.17, 15) is 14.7 Å². The number of H-pyrrole nitrogens is 1. The summed E-state index contributed by atoms with van der Waals surface area (Å²) in [6.07, 6.45) is 1.36. The van der Waals surface area contributed by atoms with Crippen LogP contribution in [0.2, 0.25) is 0 Å². The van der Waals surface area contributed by atoms with E-state index in [1.807, 2.05) is 13.8 Å². The Morgan fingerprint density at radius 2 is 2.04 bits per heavy atom. The number of ether oxygens (including phenoxy) is 1. The van der Waals surface area contributed by atoms with Crippen molar-refractivity contribution >= 4 is 23.1 Å². The lowest BCUT2D eigenvalue weighted by atomic mass is 10.2. The molecule has 1 amide bonds. The molecule has 0 saturated carbocycles. The molecule has 2 heterocycles. The molecule has 0 unspecified atom stereocenters. The number of pyridine rings is 1. The van der Waals surface area contributed by atoms with Gasteiger partial charge in [-0.1, -0.05) is 0 Å². The molecule has 0 bridgehead atoms. The molecule has 25 heavy (non-hydrogen) atoms. The number of aromatic nitrogens is 1. The zero-order valence-electron chi connectivity index (χ0n) is 14.3. The van der Waals surface area contributed by atoms with Gasteiger partial charge in [0, 0.05) is 13.1 Å². The highest BCUT2D eigenvalue weighted by Gasteiger charge is 2.23. The SMILES string of the molecule is CCOc1c[nH]c(=O)c(N=NC2=NN=C(C(=O)N(CC)CC)C2)c1O. The predicted octanol–water partition coefficient (Wildman–Crippen LogP) is 1.59. The molecule has 0 aromatic carbocycles. The van der Waals surface area contributed by atoms with Gasteiger partial charge in [0.1, 0.15) is 5.71 Å². The lowest BCUT2D eigenvalue weighted by molar-refractivity contribution is -0.123. The van der Waals surface area contributed by atoms with Crippen LogP contribution in [0, 0.1) is 0 Å². The van der Waals surface area contributed by atoms with Gasteiger partial charge in [-0.3, -0.25) is 9.59 Å². The minimum atomic E-state index is -0.622. The van der Waals surface area contributed by atoms with Gasteiger partial charge in [0.2, 0.25) is 0 Å². The Kier molecular flexibility index (Phi) is 5.98. The molecule has 0 spiro atoms. The topological polar surface area (TPSA) is 132 Å². The molecule has 0 fully saturated rings. The number of hydrogen-bond donors (Lipinski definition) is 2. The lowest BCUT2D eigenvalue weighted by Crippen LogP contribution is -2.36.